The second-order valence-corrected chi connectivity index (χ2v) is 3.75. The molecule has 1 fully saturated rings. The summed E-state index contributed by atoms with van der Waals surface area (Å²) < 4.78 is 0. The van der Waals surface area contributed by atoms with Gasteiger partial charge in [-0.25, -0.2) is 10.2 Å². The highest BCUT2D eigenvalue weighted by atomic mass is 16.4. The summed E-state index contributed by atoms with van der Waals surface area (Å²) in [4.78, 5) is 21.4. The molecule has 0 heterocycles. The monoisotopic (exact) mass is 227 g/mol. The number of carbonyl (C=O) groups is 2. The van der Waals surface area contributed by atoms with E-state index in [-0.39, 0.29) is 12.5 Å². The summed E-state index contributed by atoms with van der Waals surface area (Å²) in [5, 5.41) is 14.9. The van der Waals surface area contributed by atoms with Crippen molar-refractivity contribution in [1.29, 1.82) is 0 Å². The van der Waals surface area contributed by atoms with E-state index in [0.717, 1.165) is 31.4 Å². The highest BCUT2D eigenvalue weighted by Gasteiger charge is 2.08. The molecule has 1 aliphatic carbocycles. The molecular weight excluding hydrogens is 210 g/mol. The smallest absolute Gasteiger partial charge is 0.335 e. The second-order valence-electron chi connectivity index (χ2n) is 3.75. The van der Waals surface area contributed by atoms with Crippen LogP contribution in [0.4, 0.5) is 4.79 Å². The van der Waals surface area contributed by atoms with Gasteiger partial charge in [0.15, 0.2) is 0 Å². The molecule has 1 saturated carbocycles. The number of hydrogen-bond donors (Lipinski definition) is 3. The van der Waals surface area contributed by atoms with E-state index in [2.05, 4.69) is 15.8 Å². The molecule has 0 atom stereocenters. The van der Waals surface area contributed by atoms with Gasteiger partial charge in [0.2, 0.25) is 0 Å². The van der Waals surface area contributed by atoms with E-state index in [1.807, 2.05) is 0 Å². The molecule has 90 valence electrons. The molecular formula is C10H17N3O3. The number of carboxylic acid groups (broad SMARTS) is 1. The molecule has 0 bridgehead atoms. The molecule has 0 saturated heterocycles. The van der Waals surface area contributed by atoms with Crippen LogP contribution in [0.15, 0.2) is 5.10 Å². The molecule has 0 radical (unpaired) electrons. The van der Waals surface area contributed by atoms with Crippen LogP contribution in [-0.2, 0) is 4.79 Å². The predicted molar refractivity (Wildman–Crippen MR) is 59.3 cm³/mol. The van der Waals surface area contributed by atoms with Crippen LogP contribution in [0.3, 0.4) is 0 Å². The first-order valence-corrected chi connectivity index (χ1v) is 5.49. The number of aliphatic carboxylic acids is 1. The molecule has 0 aromatic rings. The normalized spacial score (nSPS) is 14.6. The van der Waals surface area contributed by atoms with Gasteiger partial charge in [-0.1, -0.05) is 0 Å². The summed E-state index contributed by atoms with van der Waals surface area (Å²) in [6.07, 6.45) is 4.69. The predicted octanol–water partition coefficient (Wildman–Crippen LogP) is 1.08. The first-order valence-electron chi connectivity index (χ1n) is 5.49. The lowest BCUT2D eigenvalue weighted by molar-refractivity contribution is -0.137. The minimum atomic E-state index is -0.853. The molecule has 0 unspecified atom stereocenters. The number of carbonyl (C=O) groups excluding carboxylic acids is 1. The van der Waals surface area contributed by atoms with Gasteiger partial charge in [0, 0.05) is 18.7 Å². The van der Waals surface area contributed by atoms with Gasteiger partial charge in [-0.3, -0.25) is 4.79 Å². The Labute approximate surface area is 94.1 Å². The van der Waals surface area contributed by atoms with Crippen LogP contribution in [-0.4, -0.2) is 29.4 Å². The zero-order valence-electron chi connectivity index (χ0n) is 9.16. The quantitative estimate of drug-likeness (QED) is 0.485. The Balaban J connectivity index is 2.06. The zero-order valence-corrected chi connectivity index (χ0v) is 9.16. The highest BCUT2D eigenvalue weighted by molar-refractivity contribution is 5.87. The Kier molecular flexibility index (Phi) is 5.31. The van der Waals surface area contributed by atoms with Crippen molar-refractivity contribution in [1.82, 2.24) is 10.7 Å². The molecule has 6 heteroatoms. The van der Waals surface area contributed by atoms with Crippen molar-refractivity contribution in [3.8, 4) is 0 Å². The van der Waals surface area contributed by atoms with E-state index in [1.165, 1.54) is 0 Å². The lowest BCUT2D eigenvalue weighted by atomic mass is 10.3. The fourth-order valence-electron chi connectivity index (χ4n) is 1.51. The molecule has 0 aromatic carbocycles. The van der Waals surface area contributed by atoms with E-state index in [9.17, 15) is 9.59 Å². The fraction of sp³-hybridized carbons (Fsp3) is 0.700. The molecule has 16 heavy (non-hydrogen) atoms. The number of carboxylic acids is 1. The van der Waals surface area contributed by atoms with Crippen molar-refractivity contribution in [2.45, 2.75) is 38.5 Å². The van der Waals surface area contributed by atoms with Gasteiger partial charge in [-0.2, -0.15) is 5.10 Å². The van der Waals surface area contributed by atoms with Crippen LogP contribution in [0, 0.1) is 0 Å². The van der Waals surface area contributed by atoms with Gasteiger partial charge in [0.25, 0.3) is 0 Å². The molecule has 2 amide bonds. The highest BCUT2D eigenvalue weighted by Crippen LogP contribution is 2.13. The third-order valence-electron chi connectivity index (χ3n) is 2.35. The van der Waals surface area contributed by atoms with Crippen molar-refractivity contribution < 1.29 is 14.7 Å². The number of urea groups is 1. The standard InChI is InChI=1S/C10H17N3O3/c14-9(15)6-3-7-11-10(16)13-12-8-4-1-2-5-8/h1-7H2,(H,14,15)(H2,11,13,16). The van der Waals surface area contributed by atoms with Crippen LogP contribution in [0.2, 0.25) is 0 Å². The Morgan fingerprint density at radius 3 is 2.62 bits per heavy atom. The summed E-state index contributed by atoms with van der Waals surface area (Å²) in [6.45, 7) is 0.350. The number of amides is 2. The van der Waals surface area contributed by atoms with Crippen LogP contribution in [0.25, 0.3) is 0 Å². The van der Waals surface area contributed by atoms with Crippen LogP contribution < -0.4 is 10.7 Å². The molecule has 1 aliphatic rings. The fourth-order valence-corrected chi connectivity index (χ4v) is 1.51. The minimum Gasteiger partial charge on any atom is -0.481 e. The van der Waals surface area contributed by atoms with E-state index >= 15 is 0 Å². The zero-order chi connectivity index (χ0) is 11.8. The van der Waals surface area contributed by atoms with Gasteiger partial charge in [0.05, 0.1) is 0 Å². The van der Waals surface area contributed by atoms with Crippen molar-refractivity contribution in [2.24, 2.45) is 5.10 Å². The maximum absolute atomic E-state index is 11.2. The van der Waals surface area contributed by atoms with E-state index in [4.69, 9.17) is 5.11 Å². The summed E-state index contributed by atoms with van der Waals surface area (Å²) in [5.74, 6) is -0.853. The third-order valence-corrected chi connectivity index (χ3v) is 2.35. The topological polar surface area (TPSA) is 90.8 Å². The lowest BCUT2D eigenvalue weighted by Crippen LogP contribution is -2.33. The average molecular weight is 227 g/mol. The molecule has 1 rings (SSSR count). The Bertz CT molecular complexity index is 281. The SMILES string of the molecule is O=C(O)CCCNC(=O)NN=C1CCCC1. The van der Waals surface area contributed by atoms with Crippen LogP contribution in [0.5, 0.6) is 0 Å². The molecule has 6 nitrogen and oxygen atoms in total. The molecule has 3 N–H and O–H groups in total. The second kappa shape index (κ2) is 6.81. The number of rotatable bonds is 5. The minimum absolute atomic E-state index is 0.0643. The number of nitrogens with one attached hydrogen (secondary N) is 2. The summed E-state index contributed by atoms with van der Waals surface area (Å²) in [7, 11) is 0. The number of hydrogen-bond acceptors (Lipinski definition) is 3. The number of nitrogens with zero attached hydrogens (tertiary/aromatic N) is 1. The summed E-state index contributed by atoms with van der Waals surface area (Å²) in [5.41, 5.74) is 3.43. The first-order chi connectivity index (χ1) is 7.68. The van der Waals surface area contributed by atoms with Crippen LogP contribution >= 0.6 is 0 Å². The van der Waals surface area contributed by atoms with Gasteiger partial charge < -0.3 is 10.4 Å². The third kappa shape index (κ3) is 5.33. The largest absolute Gasteiger partial charge is 0.481 e. The Hall–Kier alpha value is -1.59. The first kappa shape index (κ1) is 12.5. The van der Waals surface area contributed by atoms with Gasteiger partial charge >= 0.3 is 12.0 Å². The summed E-state index contributed by atoms with van der Waals surface area (Å²) >= 11 is 0. The maximum Gasteiger partial charge on any atom is 0.335 e. The summed E-state index contributed by atoms with van der Waals surface area (Å²) in [6, 6.07) is -0.371. The van der Waals surface area contributed by atoms with E-state index in [1.54, 1.807) is 0 Å². The molecule has 0 spiro atoms. The van der Waals surface area contributed by atoms with E-state index < -0.39 is 5.97 Å². The van der Waals surface area contributed by atoms with Gasteiger partial charge in [-0.05, 0) is 32.1 Å². The van der Waals surface area contributed by atoms with Crippen molar-refractivity contribution in [3.05, 3.63) is 0 Å². The maximum atomic E-state index is 11.2. The van der Waals surface area contributed by atoms with Crippen molar-refractivity contribution in [2.75, 3.05) is 6.54 Å². The van der Waals surface area contributed by atoms with Crippen molar-refractivity contribution >= 4 is 17.7 Å². The van der Waals surface area contributed by atoms with Crippen molar-refractivity contribution in [3.63, 3.8) is 0 Å². The van der Waals surface area contributed by atoms with Gasteiger partial charge in [0.1, 0.15) is 0 Å². The van der Waals surface area contributed by atoms with Crippen LogP contribution in [0.1, 0.15) is 38.5 Å². The Morgan fingerprint density at radius 2 is 2.00 bits per heavy atom. The average Bonchev–Trinajstić information content (AvgIpc) is 2.74. The Morgan fingerprint density at radius 1 is 1.31 bits per heavy atom. The molecule has 0 aliphatic heterocycles. The van der Waals surface area contributed by atoms with E-state index in [0.29, 0.717) is 13.0 Å². The lowest BCUT2D eigenvalue weighted by Gasteiger charge is -2.03. The number of hydrazone groups is 1. The molecule has 0 aromatic heterocycles. The van der Waals surface area contributed by atoms with Gasteiger partial charge in [-0.15, -0.1) is 0 Å².